The molecule has 1 amide bonds. The van der Waals surface area contributed by atoms with Crippen LogP contribution in [0, 0.1) is 12.8 Å². The highest BCUT2D eigenvalue weighted by Crippen LogP contribution is 2.24. The summed E-state index contributed by atoms with van der Waals surface area (Å²) in [4.78, 5) is 15.0. The maximum Gasteiger partial charge on any atom is 0.254 e. The fraction of sp³-hybridized carbons (Fsp3) is 0.409. The largest absolute Gasteiger partial charge is 0.337 e. The van der Waals surface area contributed by atoms with Crippen LogP contribution in [0.5, 0.6) is 0 Å². The van der Waals surface area contributed by atoms with Crippen LogP contribution < -0.4 is 5.73 Å². The molecule has 2 N–H and O–H groups in total. The number of likely N-dealkylation sites (tertiary alicyclic amines) is 1. The van der Waals surface area contributed by atoms with Crippen molar-refractivity contribution in [2.75, 3.05) is 13.1 Å². The highest BCUT2D eigenvalue weighted by molar-refractivity contribution is 5.96. The van der Waals surface area contributed by atoms with Crippen molar-refractivity contribution in [1.29, 1.82) is 0 Å². The van der Waals surface area contributed by atoms with Crippen LogP contribution in [0.4, 0.5) is 0 Å². The average Bonchev–Trinajstić information content (AvgIpc) is 2.98. The maximum atomic E-state index is 13.1. The SMILES string of the molecule is CCC[C@@H]1CN(C(=O)c2ccccc2Cc2ccc(C)cc2)C[C@H]1N. The molecular weight excluding hydrogens is 308 g/mol. The number of aryl methyl sites for hydroxylation is 1. The summed E-state index contributed by atoms with van der Waals surface area (Å²) in [5.74, 6) is 0.551. The molecule has 1 saturated heterocycles. The zero-order valence-corrected chi connectivity index (χ0v) is 15.2. The predicted octanol–water partition coefficient (Wildman–Crippen LogP) is 3.79. The molecule has 1 aliphatic heterocycles. The van der Waals surface area contributed by atoms with E-state index in [1.54, 1.807) is 0 Å². The van der Waals surface area contributed by atoms with Crippen molar-refractivity contribution in [3.05, 3.63) is 70.8 Å². The molecule has 0 spiro atoms. The highest BCUT2D eigenvalue weighted by Gasteiger charge is 2.33. The van der Waals surface area contributed by atoms with Gasteiger partial charge >= 0.3 is 0 Å². The van der Waals surface area contributed by atoms with E-state index >= 15 is 0 Å². The molecule has 3 rings (SSSR count). The molecule has 0 aliphatic carbocycles. The van der Waals surface area contributed by atoms with Crippen LogP contribution in [-0.4, -0.2) is 29.9 Å². The summed E-state index contributed by atoms with van der Waals surface area (Å²) in [6.07, 6.45) is 2.99. The molecule has 25 heavy (non-hydrogen) atoms. The van der Waals surface area contributed by atoms with Crippen molar-refractivity contribution in [2.45, 2.75) is 39.2 Å². The first-order chi connectivity index (χ1) is 12.1. The Labute approximate surface area is 150 Å². The Morgan fingerprint density at radius 2 is 1.84 bits per heavy atom. The van der Waals surface area contributed by atoms with Crippen molar-refractivity contribution in [1.82, 2.24) is 4.90 Å². The van der Waals surface area contributed by atoms with Crippen molar-refractivity contribution in [3.63, 3.8) is 0 Å². The van der Waals surface area contributed by atoms with Gasteiger partial charge in [0, 0.05) is 24.7 Å². The van der Waals surface area contributed by atoms with E-state index in [0.717, 1.165) is 36.9 Å². The van der Waals surface area contributed by atoms with E-state index in [2.05, 4.69) is 44.2 Å². The number of rotatable bonds is 5. The Morgan fingerprint density at radius 3 is 2.56 bits per heavy atom. The fourth-order valence-corrected chi connectivity index (χ4v) is 3.72. The Kier molecular flexibility index (Phi) is 5.54. The summed E-state index contributed by atoms with van der Waals surface area (Å²) in [5.41, 5.74) is 10.6. The van der Waals surface area contributed by atoms with Gasteiger partial charge in [0.1, 0.15) is 0 Å². The number of carbonyl (C=O) groups is 1. The van der Waals surface area contributed by atoms with Gasteiger partial charge in [0.05, 0.1) is 0 Å². The van der Waals surface area contributed by atoms with E-state index < -0.39 is 0 Å². The summed E-state index contributed by atoms with van der Waals surface area (Å²) in [7, 11) is 0. The van der Waals surface area contributed by atoms with E-state index in [1.165, 1.54) is 11.1 Å². The van der Waals surface area contributed by atoms with Crippen molar-refractivity contribution in [3.8, 4) is 0 Å². The van der Waals surface area contributed by atoms with Gasteiger partial charge in [0.15, 0.2) is 0 Å². The third kappa shape index (κ3) is 4.10. The van der Waals surface area contributed by atoms with Gasteiger partial charge in [-0.2, -0.15) is 0 Å². The minimum atomic E-state index is 0.105. The molecule has 0 bridgehead atoms. The smallest absolute Gasteiger partial charge is 0.254 e. The van der Waals surface area contributed by atoms with Crippen LogP contribution in [0.2, 0.25) is 0 Å². The molecule has 0 radical (unpaired) electrons. The third-order valence-electron chi connectivity index (χ3n) is 5.20. The second-order valence-electron chi connectivity index (χ2n) is 7.24. The minimum absolute atomic E-state index is 0.105. The van der Waals surface area contributed by atoms with Gasteiger partial charge in [0.25, 0.3) is 5.91 Å². The van der Waals surface area contributed by atoms with Gasteiger partial charge in [-0.25, -0.2) is 0 Å². The van der Waals surface area contributed by atoms with Crippen LogP contribution >= 0.6 is 0 Å². The summed E-state index contributed by atoms with van der Waals surface area (Å²) in [5, 5.41) is 0. The first-order valence-electron chi connectivity index (χ1n) is 9.26. The third-order valence-corrected chi connectivity index (χ3v) is 5.20. The van der Waals surface area contributed by atoms with Crippen LogP contribution in [0.3, 0.4) is 0 Å². The first kappa shape index (κ1) is 17.7. The molecule has 3 nitrogen and oxygen atoms in total. The summed E-state index contributed by atoms with van der Waals surface area (Å²) in [6.45, 7) is 5.72. The quantitative estimate of drug-likeness (QED) is 0.903. The second-order valence-corrected chi connectivity index (χ2v) is 7.24. The zero-order valence-electron chi connectivity index (χ0n) is 15.2. The lowest BCUT2D eigenvalue weighted by Gasteiger charge is -2.18. The Morgan fingerprint density at radius 1 is 1.12 bits per heavy atom. The van der Waals surface area contributed by atoms with Crippen LogP contribution in [-0.2, 0) is 6.42 Å². The monoisotopic (exact) mass is 336 g/mol. The van der Waals surface area contributed by atoms with Crippen molar-refractivity contribution in [2.24, 2.45) is 11.7 Å². The van der Waals surface area contributed by atoms with Crippen LogP contribution in [0.15, 0.2) is 48.5 Å². The molecular formula is C22H28N2O. The van der Waals surface area contributed by atoms with Gasteiger partial charge in [-0.15, -0.1) is 0 Å². The number of benzene rings is 2. The average molecular weight is 336 g/mol. The number of hydrogen-bond donors (Lipinski definition) is 1. The lowest BCUT2D eigenvalue weighted by Crippen LogP contribution is -2.32. The Bertz CT molecular complexity index is 723. The van der Waals surface area contributed by atoms with Gasteiger partial charge in [0.2, 0.25) is 0 Å². The minimum Gasteiger partial charge on any atom is -0.337 e. The van der Waals surface area contributed by atoms with Crippen molar-refractivity contribution >= 4 is 5.91 Å². The van der Waals surface area contributed by atoms with E-state index in [4.69, 9.17) is 5.73 Å². The molecule has 132 valence electrons. The number of amides is 1. The lowest BCUT2D eigenvalue weighted by molar-refractivity contribution is 0.0784. The molecule has 1 fully saturated rings. The lowest BCUT2D eigenvalue weighted by atomic mass is 9.98. The molecule has 3 heteroatoms. The number of hydrogen-bond acceptors (Lipinski definition) is 2. The molecule has 2 aromatic carbocycles. The molecule has 1 heterocycles. The van der Waals surface area contributed by atoms with E-state index in [0.29, 0.717) is 12.5 Å². The molecule has 1 aliphatic rings. The standard InChI is InChI=1S/C22H28N2O/c1-3-6-19-14-24(15-21(19)23)22(25)20-8-5-4-7-18(20)13-17-11-9-16(2)10-12-17/h4-5,7-12,19,21H,3,6,13-15,23H2,1-2H3/t19-,21-/m1/s1. The summed E-state index contributed by atoms with van der Waals surface area (Å²) >= 11 is 0. The molecule has 0 unspecified atom stereocenters. The molecule has 0 aromatic heterocycles. The maximum absolute atomic E-state index is 13.1. The van der Waals surface area contributed by atoms with Gasteiger partial charge in [-0.1, -0.05) is 61.4 Å². The first-order valence-corrected chi connectivity index (χ1v) is 9.26. The number of carbonyl (C=O) groups excluding carboxylic acids is 1. The summed E-state index contributed by atoms with van der Waals surface area (Å²) < 4.78 is 0. The number of nitrogens with zero attached hydrogens (tertiary/aromatic N) is 1. The molecule has 2 aromatic rings. The van der Waals surface area contributed by atoms with E-state index in [1.807, 2.05) is 23.1 Å². The van der Waals surface area contributed by atoms with Crippen molar-refractivity contribution < 1.29 is 4.79 Å². The predicted molar refractivity (Wildman–Crippen MR) is 103 cm³/mol. The Balaban J connectivity index is 1.78. The fourth-order valence-electron chi connectivity index (χ4n) is 3.72. The molecule has 2 atom stereocenters. The van der Waals surface area contributed by atoms with E-state index in [-0.39, 0.29) is 11.9 Å². The Hall–Kier alpha value is -2.13. The molecule has 0 saturated carbocycles. The second kappa shape index (κ2) is 7.83. The zero-order chi connectivity index (χ0) is 17.8. The van der Waals surface area contributed by atoms with Gasteiger partial charge < -0.3 is 10.6 Å². The van der Waals surface area contributed by atoms with Crippen LogP contribution in [0.25, 0.3) is 0 Å². The van der Waals surface area contributed by atoms with E-state index in [9.17, 15) is 4.79 Å². The van der Waals surface area contributed by atoms with Gasteiger partial charge in [-0.05, 0) is 42.9 Å². The van der Waals surface area contributed by atoms with Crippen LogP contribution in [0.1, 0.15) is 46.8 Å². The summed E-state index contributed by atoms with van der Waals surface area (Å²) in [6, 6.07) is 16.6. The number of nitrogens with two attached hydrogens (primary N) is 1. The normalized spacial score (nSPS) is 20.0. The van der Waals surface area contributed by atoms with Gasteiger partial charge in [-0.3, -0.25) is 4.79 Å². The topological polar surface area (TPSA) is 46.3 Å². The highest BCUT2D eigenvalue weighted by atomic mass is 16.2.